The van der Waals surface area contributed by atoms with E-state index in [9.17, 15) is 19.8 Å². The van der Waals surface area contributed by atoms with E-state index >= 15 is 0 Å². The Labute approximate surface area is 153 Å². The Morgan fingerprint density at radius 2 is 2.04 bits per heavy atom. The Morgan fingerprint density at radius 1 is 1.38 bits per heavy atom. The van der Waals surface area contributed by atoms with Gasteiger partial charge < -0.3 is 19.7 Å². The van der Waals surface area contributed by atoms with Gasteiger partial charge in [0.05, 0.1) is 18.1 Å². The summed E-state index contributed by atoms with van der Waals surface area (Å²) in [6, 6.07) is 0. The zero-order chi connectivity index (χ0) is 19.4. The van der Waals surface area contributed by atoms with Gasteiger partial charge in [0, 0.05) is 23.0 Å². The second kappa shape index (κ2) is 6.50. The first kappa shape index (κ1) is 19.1. The second-order valence-electron chi connectivity index (χ2n) is 8.22. The lowest BCUT2D eigenvalue weighted by molar-refractivity contribution is -0.166. The van der Waals surface area contributed by atoms with Crippen molar-refractivity contribution in [3.8, 4) is 0 Å². The van der Waals surface area contributed by atoms with Crippen LogP contribution in [0.2, 0.25) is 0 Å². The number of fused-ring (bicyclic) bond motifs is 2. The molecule has 0 amide bonds. The van der Waals surface area contributed by atoms with Crippen molar-refractivity contribution < 1.29 is 29.3 Å². The lowest BCUT2D eigenvalue weighted by atomic mass is 9.67. The summed E-state index contributed by atoms with van der Waals surface area (Å²) < 4.78 is 11.4. The molecule has 0 unspecified atom stereocenters. The van der Waals surface area contributed by atoms with Gasteiger partial charge in [0.15, 0.2) is 0 Å². The number of esters is 2. The van der Waals surface area contributed by atoms with Gasteiger partial charge >= 0.3 is 11.9 Å². The van der Waals surface area contributed by atoms with E-state index < -0.39 is 47.7 Å². The highest BCUT2D eigenvalue weighted by Gasteiger charge is 2.65. The number of ether oxygens (including phenoxy) is 2. The van der Waals surface area contributed by atoms with Gasteiger partial charge in [0.25, 0.3) is 0 Å². The van der Waals surface area contributed by atoms with Gasteiger partial charge in [-0.15, -0.1) is 0 Å². The van der Waals surface area contributed by atoms with E-state index in [1.165, 1.54) is 0 Å². The first-order valence-corrected chi connectivity index (χ1v) is 9.22. The highest BCUT2D eigenvalue weighted by molar-refractivity contribution is 5.91. The fourth-order valence-electron chi connectivity index (χ4n) is 5.28. The van der Waals surface area contributed by atoms with Gasteiger partial charge in [0.1, 0.15) is 12.2 Å². The normalized spacial score (nSPS) is 45.6. The quantitative estimate of drug-likeness (QED) is 0.573. The highest BCUT2D eigenvalue weighted by atomic mass is 16.6. The van der Waals surface area contributed by atoms with Crippen LogP contribution in [0.25, 0.3) is 0 Å². The van der Waals surface area contributed by atoms with Crippen LogP contribution in [0.5, 0.6) is 0 Å². The summed E-state index contributed by atoms with van der Waals surface area (Å²) >= 11 is 0. The summed E-state index contributed by atoms with van der Waals surface area (Å²) in [4.78, 5) is 24.7. The number of aliphatic hydroxyl groups is 2. The summed E-state index contributed by atoms with van der Waals surface area (Å²) in [6.07, 6.45) is -0.389. The van der Waals surface area contributed by atoms with E-state index in [0.29, 0.717) is 12.0 Å². The topological polar surface area (TPSA) is 93.1 Å². The molecule has 2 aliphatic carbocycles. The SMILES string of the molecule is C=C1C(=O)O[C@@H]2C[C@@H](C)[C@@H]3[C@@H](O)C[C@@H](O)[C@@]3(C)[C@@H](OC(=O)/C(C)=C/C)[C@H]12. The van der Waals surface area contributed by atoms with Crippen LogP contribution < -0.4 is 0 Å². The number of allylic oxidation sites excluding steroid dienone is 1. The number of aliphatic hydroxyl groups excluding tert-OH is 2. The van der Waals surface area contributed by atoms with E-state index in [2.05, 4.69) is 6.58 Å². The van der Waals surface area contributed by atoms with Gasteiger partial charge in [0.2, 0.25) is 0 Å². The van der Waals surface area contributed by atoms with Crippen LogP contribution in [-0.4, -0.2) is 46.6 Å². The molecule has 6 heteroatoms. The largest absolute Gasteiger partial charge is 0.458 e. The third-order valence-electron chi connectivity index (χ3n) is 6.78. The zero-order valence-electron chi connectivity index (χ0n) is 15.8. The predicted molar refractivity (Wildman–Crippen MR) is 93.8 cm³/mol. The molecule has 0 aromatic rings. The van der Waals surface area contributed by atoms with Crippen molar-refractivity contribution in [1.29, 1.82) is 0 Å². The molecule has 0 radical (unpaired) electrons. The molecular weight excluding hydrogens is 336 g/mol. The molecule has 3 fully saturated rings. The highest BCUT2D eigenvalue weighted by Crippen LogP contribution is 2.58. The standard InChI is InChI=1S/C20H28O6/c1-6-9(2)18(23)26-17-15-11(4)19(24)25-13(15)7-10(3)16-12(21)8-14(22)20(16,17)5/h6,10,12-17,21-22H,4,7-8H2,1-3,5H3/b9-6+/t10-,12+,13-,14-,15-,16-,17+,20-/m1/s1. The van der Waals surface area contributed by atoms with Gasteiger partial charge in [-0.3, -0.25) is 0 Å². The lowest BCUT2D eigenvalue weighted by Crippen LogP contribution is -2.51. The smallest absolute Gasteiger partial charge is 0.334 e. The van der Waals surface area contributed by atoms with Crippen LogP contribution in [0.15, 0.2) is 23.8 Å². The molecule has 0 bridgehead atoms. The number of carbonyl (C=O) groups excluding carboxylic acids is 2. The van der Waals surface area contributed by atoms with Crippen molar-refractivity contribution in [3.63, 3.8) is 0 Å². The van der Waals surface area contributed by atoms with Gasteiger partial charge in [-0.2, -0.15) is 0 Å². The maximum Gasteiger partial charge on any atom is 0.334 e. The van der Waals surface area contributed by atoms with Crippen molar-refractivity contribution in [1.82, 2.24) is 0 Å². The Bertz CT molecular complexity index is 667. The molecule has 0 aromatic heterocycles. The van der Waals surface area contributed by atoms with Crippen molar-refractivity contribution in [2.75, 3.05) is 0 Å². The minimum Gasteiger partial charge on any atom is -0.458 e. The minimum absolute atomic E-state index is 0.00938. The first-order valence-electron chi connectivity index (χ1n) is 9.22. The molecule has 1 saturated heterocycles. The molecular formula is C20H28O6. The van der Waals surface area contributed by atoms with E-state index in [1.807, 2.05) is 13.8 Å². The summed E-state index contributed by atoms with van der Waals surface area (Å²) in [7, 11) is 0. The molecule has 3 rings (SSSR count). The second-order valence-corrected chi connectivity index (χ2v) is 8.22. The molecule has 6 nitrogen and oxygen atoms in total. The van der Waals surface area contributed by atoms with Crippen LogP contribution in [0, 0.1) is 23.2 Å². The number of carbonyl (C=O) groups is 2. The van der Waals surface area contributed by atoms with Crippen LogP contribution in [-0.2, 0) is 19.1 Å². The van der Waals surface area contributed by atoms with Crippen molar-refractivity contribution >= 4 is 11.9 Å². The molecule has 2 N–H and O–H groups in total. The zero-order valence-corrected chi connectivity index (χ0v) is 15.8. The third-order valence-corrected chi connectivity index (χ3v) is 6.78. The van der Waals surface area contributed by atoms with Gasteiger partial charge in [-0.05, 0) is 32.1 Å². The van der Waals surface area contributed by atoms with Crippen LogP contribution >= 0.6 is 0 Å². The molecule has 1 heterocycles. The molecule has 144 valence electrons. The summed E-state index contributed by atoms with van der Waals surface area (Å²) in [6.45, 7) is 11.1. The fraction of sp³-hybridized carbons (Fsp3) is 0.700. The maximum atomic E-state index is 12.5. The summed E-state index contributed by atoms with van der Waals surface area (Å²) in [5.74, 6) is -1.77. The molecule has 0 spiro atoms. The Kier molecular flexibility index (Phi) is 4.78. The molecule has 8 atom stereocenters. The van der Waals surface area contributed by atoms with Gasteiger partial charge in [-0.25, -0.2) is 9.59 Å². The minimum atomic E-state index is -0.890. The van der Waals surface area contributed by atoms with Crippen LogP contribution in [0.1, 0.15) is 40.5 Å². The van der Waals surface area contributed by atoms with Gasteiger partial charge in [-0.1, -0.05) is 26.5 Å². The van der Waals surface area contributed by atoms with E-state index in [1.54, 1.807) is 19.9 Å². The molecule has 3 aliphatic rings. The predicted octanol–water partition coefficient (Wildman–Crippen LogP) is 1.75. The van der Waals surface area contributed by atoms with E-state index in [-0.39, 0.29) is 23.8 Å². The third kappa shape index (κ3) is 2.62. The molecule has 2 saturated carbocycles. The summed E-state index contributed by atoms with van der Waals surface area (Å²) in [5, 5.41) is 21.4. The first-order chi connectivity index (χ1) is 12.1. The van der Waals surface area contributed by atoms with Crippen LogP contribution in [0.3, 0.4) is 0 Å². The average Bonchev–Trinajstić information content (AvgIpc) is 2.94. The Morgan fingerprint density at radius 3 is 2.65 bits per heavy atom. The molecule has 0 aromatic carbocycles. The van der Waals surface area contributed by atoms with Crippen LogP contribution in [0.4, 0.5) is 0 Å². The lowest BCUT2D eigenvalue weighted by Gasteiger charge is -2.43. The number of hydrogen-bond acceptors (Lipinski definition) is 6. The maximum absolute atomic E-state index is 12.5. The summed E-state index contributed by atoms with van der Waals surface area (Å²) in [5.41, 5.74) is -0.171. The van der Waals surface area contributed by atoms with E-state index in [0.717, 1.165) is 0 Å². The van der Waals surface area contributed by atoms with E-state index in [4.69, 9.17) is 9.47 Å². The Hall–Kier alpha value is -1.66. The average molecular weight is 364 g/mol. The van der Waals surface area contributed by atoms with Crippen molar-refractivity contribution in [3.05, 3.63) is 23.8 Å². The molecule has 26 heavy (non-hydrogen) atoms. The Balaban J connectivity index is 2.10. The van der Waals surface area contributed by atoms with Crippen molar-refractivity contribution in [2.24, 2.45) is 23.2 Å². The number of hydrogen-bond donors (Lipinski definition) is 2. The number of rotatable bonds is 2. The molecule has 1 aliphatic heterocycles. The fourth-order valence-corrected chi connectivity index (χ4v) is 5.28. The monoisotopic (exact) mass is 364 g/mol. The van der Waals surface area contributed by atoms with Crippen molar-refractivity contribution in [2.45, 2.75) is 65.0 Å².